The monoisotopic (exact) mass is 363 g/mol. The van der Waals surface area contributed by atoms with Gasteiger partial charge in [0.2, 0.25) is 0 Å². The first-order chi connectivity index (χ1) is 13.4. The SMILES string of the molecule is CCCCCC/C=C/CCCCN(Cc1ccccc1)Cc1ccccc1. The van der Waals surface area contributed by atoms with Crippen molar-refractivity contribution in [2.24, 2.45) is 0 Å². The van der Waals surface area contributed by atoms with Crippen molar-refractivity contribution in [3.8, 4) is 0 Å². The predicted octanol–water partition coefficient (Wildman–Crippen LogP) is 7.39. The van der Waals surface area contributed by atoms with E-state index in [0.717, 1.165) is 19.6 Å². The van der Waals surface area contributed by atoms with Crippen LogP contribution in [0.15, 0.2) is 72.8 Å². The highest BCUT2D eigenvalue weighted by Gasteiger charge is 2.06. The summed E-state index contributed by atoms with van der Waals surface area (Å²) in [5.41, 5.74) is 2.81. The van der Waals surface area contributed by atoms with E-state index in [9.17, 15) is 0 Å². The summed E-state index contributed by atoms with van der Waals surface area (Å²) >= 11 is 0. The maximum absolute atomic E-state index is 2.58. The zero-order chi connectivity index (χ0) is 19.0. The molecule has 2 aromatic carbocycles. The third-order valence-corrected chi connectivity index (χ3v) is 4.98. The van der Waals surface area contributed by atoms with Gasteiger partial charge in [-0.2, -0.15) is 0 Å². The Morgan fingerprint density at radius 2 is 1.15 bits per heavy atom. The van der Waals surface area contributed by atoms with Crippen molar-refractivity contribution in [1.29, 1.82) is 0 Å². The molecule has 2 aromatic rings. The Balaban J connectivity index is 1.71. The summed E-state index contributed by atoms with van der Waals surface area (Å²) in [6.07, 6.45) is 15.3. The normalized spacial score (nSPS) is 11.5. The van der Waals surface area contributed by atoms with Crippen LogP contribution >= 0.6 is 0 Å². The van der Waals surface area contributed by atoms with Crippen LogP contribution in [0.1, 0.15) is 69.4 Å². The molecule has 0 saturated heterocycles. The van der Waals surface area contributed by atoms with Crippen molar-refractivity contribution in [2.45, 2.75) is 71.4 Å². The summed E-state index contributed by atoms with van der Waals surface area (Å²) in [6.45, 7) is 5.49. The Morgan fingerprint density at radius 1 is 0.630 bits per heavy atom. The lowest BCUT2D eigenvalue weighted by atomic mass is 10.1. The maximum Gasteiger partial charge on any atom is 0.0237 e. The molecule has 0 unspecified atom stereocenters. The summed E-state index contributed by atoms with van der Waals surface area (Å²) in [4.78, 5) is 2.58. The van der Waals surface area contributed by atoms with Gasteiger partial charge in [-0.25, -0.2) is 0 Å². The fraction of sp³-hybridized carbons (Fsp3) is 0.462. The van der Waals surface area contributed by atoms with Crippen molar-refractivity contribution in [3.05, 3.63) is 83.9 Å². The summed E-state index contributed by atoms with van der Waals surface area (Å²) in [7, 11) is 0. The number of allylic oxidation sites excluding steroid dienone is 2. The number of hydrogen-bond acceptors (Lipinski definition) is 1. The van der Waals surface area contributed by atoms with Gasteiger partial charge in [0.25, 0.3) is 0 Å². The molecule has 0 bridgehead atoms. The minimum atomic E-state index is 1.03. The zero-order valence-electron chi connectivity index (χ0n) is 17.2. The number of rotatable bonds is 14. The third kappa shape index (κ3) is 10.2. The van der Waals surface area contributed by atoms with Gasteiger partial charge in [-0.05, 0) is 49.8 Å². The van der Waals surface area contributed by atoms with Crippen LogP contribution in [-0.4, -0.2) is 11.4 Å². The lowest BCUT2D eigenvalue weighted by molar-refractivity contribution is 0.251. The molecule has 0 N–H and O–H groups in total. The molecule has 27 heavy (non-hydrogen) atoms. The zero-order valence-corrected chi connectivity index (χ0v) is 17.2. The summed E-state index contributed by atoms with van der Waals surface area (Å²) < 4.78 is 0. The summed E-state index contributed by atoms with van der Waals surface area (Å²) in [5, 5.41) is 0. The lowest BCUT2D eigenvalue weighted by Gasteiger charge is -2.22. The van der Waals surface area contributed by atoms with E-state index in [1.54, 1.807) is 0 Å². The molecule has 1 heteroatoms. The molecule has 0 saturated carbocycles. The molecular formula is C26H37N. The first-order valence-electron chi connectivity index (χ1n) is 10.8. The standard InChI is InChI=1S/C26H37N/c1-2-3-4-5-6-7-8-9-10-17-22-27(23-25-18-13-11-14-19-25)24-26-20-15-12-16-21-26/h7-8,11-16,18-21H,2-6,9-10,17,22-24H2,1H3/b8-7+. The summed E-state index contributed by atoms with van der Waals surface area (Å²) in [6, 6.07) is 21.7. The van der Waals surface area contributed by atoms with E-state index in [2.05, 4.69) is 84.6 Å². The van der Waals surface area contributed by atoms with Gasteiger partial charge >= 0.3 is 0 Å². The Kier molecular flexibility index (Phi) is 11.3. The smallest absolute Gasteiger partial charge is 0.0237 e. The highest BCUT2D eigenvalue weighted by Crippen LogP contribution is 2.12. The van der Waals surface area contributed by atoms with Gasteiger partial charge in [0, 0.05) is 13.1 Å². The molecule has 2 rings (SSSR count). The van der Waals surface area contributed by atoms with Gasteiger partial charge < -0.3 is 0 Å². The second-order valence-electron chi connectivity index (χ2n) is 7.50. The molecule has 0 aliphatic heterocycles. The van der Waals surface area contributed by atoms with Gasteiger partial charge in [0.05, 0.1) is 0 Å². The first-order valence-corrected chi connectivity index (χ1v) is 10.8. The van der Waals surface area contributed by atoms with Crippen molar-refractivity contribution in [2.75, 3.05) is 6.54 Å². The second kappa shape index (κ2) is 14.2. The van der Waals surface area contributed by atoms with Crippen LogP contribution in [0, 0.1) is 0 Å². The van der Waals surface area contributed by atoms with Crippen molar-refractivity contribution in [1.82, 2.24) is 4.90 Å². The number of benzene rings is 2. The van der Waals surface area contributed by atoms with Crippen LogP contribution in [0.3, 0.4) is 0 Å². The molecule has 1 nitrogen and oxygen atoms in total. The highest BCUT2D eigenvalue weighted by molar-refractivity contribution is 5.17. The van der Waals surface area contributed by atoms with E-state index in [0.29, 0.717) is 0 Å². The number of nitrogens with zero attached hydrogens (tertiary/aromatic N) is 1. The van der Waals surface area contributed by atoms with Crippen LogP contribution in [0.4, 0.5) is 0 Å². The van der Waals surface area contributed by atoms with Crippen molar-refractivity contribution in [3.63, 3.8) is 0 Å². The number of unbranched alkanes of at least 4 members (excludes halogenated alkanes) is 6. The molecule has 0 spiro atoms. The fourth-order valence-corrected chi connectivity index (χ4v) is 3.42. The molecule has 146 valence electrons. The minimum absolute atomic E-state index is 1.03. The Bertz CT molecular complexity index is 561. The Hall–Kier alpha value is -1.86. The van der Waals surface area contributed by atoms with Gasteiger partial charge in [0.15, 0.2) is 0 Å². The molecule has 0 atom stereocenters. The van der Waals surface area contributed by atoms with E-state index in [-0.39, 0.29) is 0 Å². The highest BCUT2D eigenvalue weighted by atomic mass is 15.1. The van der Waals surface area contributed by atoms with Gasteiger partial charge in [0.1, 0.15) is 0 Å². The van der Waals surface area contributed by atoms with Crippen LogP contribution in [0.25, 0.3) is 0 Å². The van der Waals surface area contributed by atoms with Gasteiger partial charge in [-0.15, -0.1) is 0 Å². The van der Waals surface area contributed by atoms with Crippen molar-refractivity contribution < 1.29 is 0 Å². The van der Waals surface area contributed by atoms with E-state index >= 15 is 0 Å². The molecule has 0 radical (unpaired) electrons. The molecule has 0 amide bonds. The molecule has 0 aliphatic carbocycles. The Labute approximate surface area is 167 Å². The topological polar surface area (TPSA) is 3.24 Å². The average molecular weight is 364 g/mol. The second-order valence-corrected chi connectivity index (χ2v) is 7.50. The van der Waals surface area contributed by atoms with E-state index in [4.69, 9.17) is 0 Å². The lowest BCUT2D eigenvalue weighted by Crippen LogP contribution is -2.24. The molecular weight excluding hydrogens is 326 g/mol. The molecule has 0 fully saturated rings. The fourth-order valence-electron chi connectivity index (χ4n) is 3.42. The Morgan fingerprint density at radius 3 is 1.67 bits per heavy atom. The van der Waals surface area contributed by atoms with E-state index in [1.165, 1.54) is 62.5 Å². The number of hydrogen-bond donors (Lipinski definition) is 0. The van der Waals surface area contributed by atoms with E-state index < -0.39 is 0 Å². The quantitative estimate of drug-likeness (QED) is 0.250. The van der Waals surface area contributed by atoms with Gasteiger partial charge in [-0.3, -0.25) is 4.90 Å². The largest absolute Gasteiger partial charge is 0.295 e. The van der Waals surface area contributed by atoms with E-state index in [1.807, 2.05) is 0 Å². The van der Waals surface area contributed by atoms with Crippen molar-refractivity contribution >= 4 is 0 Å². The van der Waals surface area contributed by atoms with Gasteiger partial charge in [-0.1, -0.05) is 99.0 Å². The van der Waals surface area contributed by atoms with Crippen LogP contribution in [0.5, 0.6) is 0 Å². The van der Waals surface area contributed by atoms with Crippen LogP contribution in [-0.2, 0) is 13.1 Å². The summed E-state index contributed by atoms with van der Waals surface area (Å²) in [5.74, 6) is 0. The predicted molar refractivity (Wildman–Crippen MR) is 119 cm³/mol. The average Bonchev–Trinajstić information content (AvgIpc) is 2.71. The maximum atomic E-state index is 2.58. The van der Waals surface area contributed by atoms with Crippen LogP contribution < -0.4 is 0 Å². The first kappa shape index (κ1) is 21.4. The molecule has 0 aliphatic rings. The minimum Gasteiger partial charge on any atom is -0.295 e. The van der Waals surface area contributed by atoms with Crippen LogP contribution in [0.2, 0.25) is 0 Å². The molecule has 0 aromatic heterocycles. The third-order valence-electron chi connectivity index (χ3n) is 4.98. The molecule has 0 heterocycles.